The maximum absolute atomic E-state index is 13.5. The molecule has 1 aliphatic carbocycles. The third-order valence-electron chi connectivity index (χ3n) is 6.68. The van der Waals surface area contributed by atoms with E-state index in [2.05, 4.69) is 16.2 Å². The first-order valence-corrected chi connectivity index (χ1v) is 14.3. The molecule has 2 amide bonds. The minimum absolute atomic E-state index is 0.00129. The number of piperazine rings is 1. The van der Waals surface area contributed by atoms with Crippen molar-refractivity contribution < 1.29 is 31.4 Å². The molecule has 13 heteroatoms. The lowest BCUT2D eigenvalue weighted by Gasteiger charge is -2.40. The average molecular weight is 547 g/mol. The number of alkyl halides is 3. The molecule has 8 nitrogen and oxygen atoms in total. The van der Waals surface area contributed by atoms with Crippen molar-refractivity contribution in [2.75, 3.05) is 25.0 Å². The molecule has 4 rings (SSSR count). The number of thiazole rings is 1. The number of rotatable bonds is 7. The van der Waals surface area contributed by atoms with Crippen LogP contribution in [0.4, 0.5) is 18.3 Å². The highest BCUT2D eigenvalue weighted by Gasteiger charge is 2.43. The number of anilines is 1. The number of aromatic nitrogens is 1. The van der Waals surface area contributed by atoms with Crippen LogP contribution in [0, 0.1) is 12.8 Å². The van der Waals surface area contributed by atoms with Crippen molar-refractivity contribution in [2.45, 2.75) is 62.6 Å². The van der Waals surface area contributed by atoms with E-state index in [0.717, 1.165) is 42.5 Å². The Kier molecular flexibility index (Phi) is 7.81. The van der Waals surface area contributed by atoms with Crippen molar-refractivity contribution in [2.24, 2.45) is 5.92 Å². The van der Waals surface area contributed by atoms with Gasteiger partial charge in [0.25, 0.3) is 0 Å². The van der Waals surface area contributed by atoms with Gasteiger partial charge in [-0.15, -0.1) is 11.3 Å². The number of furan rings is 1. The molecule has 1 saturated carbocycles. The third-order valence-corrected chi connectivity index (χ3v) is 9.51. The molecule has 2 aromatic heterocycles. The monoisotopic (exact) mass is 546 g/mol. The van der Waals surface area contributed by atoms with Gasteiger partial charge in [0.2, 0.25) is 17.6 Å². The van der Waals surface area contributed by atoms with E-state index in [9.17, 15) is 27.0 Å². The van der Waals surface area contributed by atoms with Crippen molar-refractivity contribution in [1.82, 2.24) is 14.2 Å². The Morgan fingerprint density at radius 1 is 1.33 bits per heavy atom. The molecule has 2 fully saturated rings. The van der Waals surface area contributed by atoms with Crippen LogP contribution in [-0.4, -0.2) is 61.8 Å². The second-order valence-corrected chi connectivity index (χ2v) is 12.4. The van der Waals surface area contributed by atoms with Crippen LogP contribution < -0.4 is 5.32 Å². The van der Waals surface area contributed by atoms with Crippen molar-refractivity contribution in [3.8, 4) is 0 Å². The van der Waals surface area contributed by atoms with Crippen LogP contribution in [-0.2, 0) is 25.5 Å². The summed E-state index contributed by atoms with van der Waals surface area (Å²) in [5.41, 5.74) is 0. The van der Waals surface area contributed by atoms with Crippen molar-refractivity contribution in [3.63, 3.8) is 0 Å². The van der Waals surface area contributed by atoms with Gasteiger partial charge in [-0.05, 0) is 31.2 Å². The number of nitrogens with zero attached hydrogens (tertiary/aromatic N) is 3. The standard InChI is InChI=1S/C23H29F3N4O4S2/c1-15-12-18(20(34-15)23(24,25)26)36(2,33)29-9-10-30(19(31)14-29)17(13-16-6-4-3-5-7-16)21(32)28-22-27-8-11-35-22/h8,11-12,16-17H,2-7,9-10,13-14H2,1H3,(H,27,28,32)/t17-,36?/m0/s1. The minimum Gasteiger partial charge on any atom is -0.455 e. The molecule has 0 radical (unpaired) electrons. The second kappa shape index (κ2) is 10.5. The zero-order valence-corrected chi connectivity index (χ0v) is 21.5. The van der Waals surface area contributed by atoms with Gasteiger partial charge in [-0.1, -0.05) is 32.1 Å². The predicted molar refractivity (Wildman–Crippen MR) is 131 cm³/mol. The van der Waals surface area contributed by atoms with Gasteiger partial charge < -0.3 is 14.6 Å². The topological polar surface area (TPSA) is 95.8 Å². The molecule has 0 spiro atoms. The molecular weight excluding hydrogens is 517 g/mol. The van der Waals surface area contributed by atoms with Crippen LogP contribution in [0.1, 0.15) is 50.0 Å². The number of aryl methyl sites for hydroxylation is 1. The molecule has 2 aliphatic rings. The number of nitrogens with one attached hydrogen (secondary N) is 1. The molecule has 36 heavy (non-hydrogen) atoms. The summed E-state index contributed by atoms with van der Waals surface area (Å²) in [6, 6.07) is 0.303. The normalized spacial score (nSPS) is 20.8. The lowest BCUT2D eigenvalue weighted by molar-refractivity contribution is -0.155. The minimum atomic E-state index is -4.85. The zero-order valence-electron chi connectivity index (χ0n) is 19.9. The third kappa shape index (κ3) is 5.78. The average Bonchev–Trinajstić information content (AvgIpc) is 3.48. The second-order valence-electron chi connectivity index (χ2n) is 9.22. The largest absolute Gasteiger partial charge is 0.455 e. The van der Waals surface area contributed by atoms with Gasteiger partial charge >= 0.3 is 6.18 Å². The zero-order chi connectivity index (χ0) is 26.1. The SMILES string of the molecule is C=S(=O)(c1cc(C)oc1C(F)(F)F)N1CCN([C@@H](CC2CCCCC2)C(=O)Nc2nccs2)C(=O)C1. The Balaban J connectivity index is 1.54. The first-order valence-electron chi connectivity index (χ1n) is 11.8. The summed E-state index contributed by atoms with van der Waals surface area (Å²) in [6.45, 7) is 0.942. The van der Waals surface area contributed by atoms with Crippen LogP contribution in [0.3, 0.4) is 0 Å². The van der Waals surface area contributed by atoms with E-state index >= 15 is 0 Å². The van der Waals surface area contributed by atoms with E-state index in [1.807, 2.05) is 0 Å². The number of carbonyl (C=O) groups excluding carboxylic acids is 2. The Labute approximate surface area is 212 Å². The Morgan fingerprint density at radius 3 is 2.67 bits per heavy atom. The van der Waals surface area contributed by atoms with Crippen molar-refractivity contribution in [3.05, 3.63) is 29.2 Å². The van der Waals surface area contributed by atoms with Crippen molar-refractivity contribution >= 4 is 43.9 Å². The Bertz CT molecular complexity index is 1190. The molecule has 2 aromatic rings. The van der Waals surface area contributed by atoms with Gasteiger partial charge in [0.05, 0.1) is 21.1 Å². The molecular formula is C23H29F3N4O4S2. The molecule has 3 heterocycles. The van der Waals surface area contributed by atoms with E-state index in [-0.39, 0.29) is 30.7 Å². The summed E-state index contributed by atoms with van der Waals surface area (Å²) in [7, 11) is -3.66. The van der Waals surface area contributed by atoms with E-state index in [4.69, 9.17) is 4.42 Å². The van der Waals surface area contributed by atoms with Crippen LogP contribution in [0.25, 0.3) is 0 Å². The van der Waals surface area contributed by atoms with Gasteiger partial charge in [-0.25, -0.2) is 13.5 Å². The van der Waals surface area contributed by atoms with Gasteiger partial charge in [0.15, 0.2) is 5.13 Å². The fourth-order valence-corrected chi connectivity index (χ4v) is 7.20. The molecule has 2 atom stereocenters. The number of halogens is 3. The molecule has 1 N–H and O–H groups in total. The fraction of sp³-hybridized carbons (Fsp3) is 0.565. The first kappa shape index (κ1) is 26.7. The highest BCUT2D eigenvalue weighted by molar-refractivity contribution is 7.98. The Hall–Kier alpha value is -2.38. The van der Waals surface area contributed by atoms with Crippen LogP contribution in [0.5, 0.6) is 0 Å². The summed E-state index contributed by atoms with van der Waals surface area (Å²) in [5.74, 6) is 1.61. The van der Waals surface area contributed by atoms with Crippen LogP contribution in [0.2, 0.25) is 0 Å². The number of hydrogen-bond donors (Lipinski definition) is 1. The Morgan fingerprint density at radius 2 is 2.06 bits per heavy atom. The van der Waals surface area contributed by atoms with E-state index < -0.39 is 45.0 Å². The quantitative estimate of drug-likeness (QED) is 0.526. The number of hydrogen-bond acceptors (Lipinski definition) is 6. The summed E-state index contributed by atoms with van der Waals surface area (Å²) in [5, 5.41) is 4.93. The molecule has 198 valence electrons. The molecule has 1 unspecified atom stereocenters. The summed E-state index contributed by atoms with van der Waals surface area (Å²) in [6.07, 6.45) is 2.44. The van der Waals surface area contributed by atoms with Gasteiger partial charge in [0, 0.05) is 24.7 Å². The van der Waals surface area contributed by atoms with Crippen LogP contribution in [0.15, 0.2) is 27.0 Å². The first-order chi connectivity index (χ1) is 17.0. The van der Waals surface area contributed by atoms with E-state index in [1.54, 1.807) is 11.6 Å². The van der Waals surface area contributed by atoms with E-state index in [0.29, 0.717) is 11.6 Å². The highest BCUT2D eigenvalue weighted by Crippen LogP contribution is 2.38. The fourth-order valence-electron chi connectivity index (χ4n) is 4.90. The maximum atomic E-state index is 13.5. The summed E-state index contributed by atoms with van der Waals surface area (Å²) < 4.78 is 59.9. The van der Waals surface area contributed by atoms with Gasteiger partial charge in [0.1, 0.15) is 11.8 Å². The molecule has 1 aliphatic heterocycles. The van der Waals surface area contributed by atoms with Crippen LogP contribution >= 0.6 is 11.3 Å². The molecule has 1 saturated heterocycles. The molecule has 0 bridgehead atoms. The van der Waals surface area contributed by atoms with Crippen molar-refractivity contribution in [1.29, 1.82) is 0 Å². The number of carbonyl (C=O) groups is 2. The predicted octanol–water partition coefficient (Wildman–Crippen LogP) is 4.18. The van der Waals surface area contributed by atoms with Gasteiger partial charge in [-0.2, -0.15) is 13.2 Å². The lowest BCUT2D eigenvalue weighted by atomic mass is 9.84. The van der Waals surface area contributed by atoms with Gasteiger partial charge in [-0.3, -0.25) is 9.59 Å². The molecule has 0 aromatic carbocycles. The van der Waals surface area contributed by atoms with E-state index in [1.165, 1.54) is 23.2 Å². The highest BCUT2D eigenvalue weighted by atomic mass is 32.2. The summed E-state index contributed by atoms with van der Waals surface area (Å²) >= 11 is 1.27. The summed E-state index contributed by atoms with van der Waals surface area (Å²) in [4.78, 5) is 31.4. The maximum Gasteiger partial charge on any atom is 0.450 e. The smallest absolute Gasteiger partial charge is 0.450 e. The lowest BCUT2D eigenvalue weighted by Crippen LogP contribution is -2.58. The number of amides is 2.